The van der Waals surface area contributed by atoms with Gasteiger partial charge in [-0.1, -0.05) is 18.2 Å². The van der Waals surface area contributed by atoms with Gasteiger partial charge in [0.2, 0.25) is 0 Å². The van der Waals surface area contributed by atoms with Crippen molar-refractivity contribution >= 4 is 39.1 Å². The first-order valence-electron chi connectivity index (χ1n) is 8.89. The van der Waals surface area contributed by atoms with E-state index in [0.717, 1.165) is 11.3 Å². The number of carboxylic acid groups (broad SMARTS) is 1. The molecule has 1 amide bonds. The number of fused-ring (bicyclic) bond motifs is 1. The minimum Gasteiger partial charge on any atom is -0.481 e. The van der Waals surface area contributed by atoms with E-state index in [2.05, 4.69) is 10.3 Å². The number of hydrogen-bond acceptors (Lipinski definition) is 5. The molecule has 28 heavy (non-hydrogen) atoms. The van der Waals surface area contributed by atoms with Gasteiger partial charge in [0.15, 0.2) is 0 Å². The van der Waals surface area contributed by atoms with Crippen LogP contribution in [0.3, 0.4) is 0 Å². The molecule has 2 aromatic heterocycles. The standard InChI is InChI=1S/C20H21N3O4S/c1-11-7-4-5-8-14(11)22-18(26)17-12(2)16-19(28-17)21-13(3)23(20(16)27)10-6-9-15(24)25/h4-5,7-8H,6,9-10H2,1-3H3,(H,22,26)(H,24,25). The highest BCUT2D eigenvalue weighted by molar-refractivity contribution is 7.20. The average Bonchev–Trinajstić information content (AvgIpc) is 2.96. The molecule has 0 fully saturated rings. The van der Waals surface area contributed by atoms with Crippen LogP contribution in [-0.4, -0.2) is 26.5 Å². The first kappa shape index (κ1) is 19.8. The van der Waals surface area contributed by atoms with Gasteiger partial charge in [-0.2, -0.15) is 0 Å². The van der Waals surface area contributed by atoms with E-state index in [9.17, 15) is 14.4 Å². The number of nitrogens with one attached hydrogen (secondary N) is 1. The summed E-state index contributed by atoms with van der Waals surface area (Å²) in [6, 6.07) is 7.48. The van der Waals surface area contributed by atoms with Gasteiger partial charge in [0.25, 0.3) is 11.5 Å². The molecule has 0 aliphatic rings. The normalized spacial score (nSPS) is 11.0. The largest absolute Gasteiger partial charge is 0.481 e. The molecular weight excluding hydrogens is 378 g/mol. The summed E-state index contributed by atoms with van der Waals surface area (Å²) in [5.74, 6) is -0.666. The molecule has 1 aromatic carbocycles. The molecular formula is C20H21N3O4S. The van der Waals surface area contributed by atoms with Crippen LogP contribution in [0.4, 0.5) is 5.69 Å². The fraction of sp³-hybridized carbons (Fsp3) is 0.300. The molecule has 0 aliphatic carbocycles. The van der Waals surface area contributed by atoms with Crippen molar-refractivity contribution in [3.8, 4) is 0 Å². The molecule has 146 valence electrons. The molecule has 0 saturated heterocycles. The lowest BCUT2D eigenvalue weighted by atomic mass is 10.1. The number of carbonyl (C=O) groups excluding carboxylic acids is 1. The summed E-state index contributed by atoms with van der Waals surface area (Å²) < 4.78 is 1.48. The minimum absolute atomic E-state index is 0.0172. The van der Waals surface area contributed by atoms with Crippen LogP contribution >= 0.6 is 11.3 Å². The molecule has 3 rings (SSSR count). The van der Waals surface area contributed by atoms with Gasteiger partial charge in [0, 0.05) is 18.7 Å². The number of amides is 1. The Kier molecular flexibility index (Phi) is 5.60. The lowest BCUT2D eigenvalue weighted by Crippen LogP contribution is -2.24. The number of thiophene rings is 1. The first-order valence-corrected chi connectivity index (χ1v) is 9.70. The quantitative estimate of drug-likeness (QED) is 0.661. The molecule has 0 spiro atoms. The zero-order chi connectivity index (χ0) is 20.4. The maximum Gasteiger partial charge on any atom is 0.303 e. The number of carboxylic acids is 1. The summed E-state index contributed by atoms with van der Waals surface area (Å²) in [5, 5.41) is 12.1. The number of nitrogens with zero attached hydrogens (tertiary/aromatic N) is 2. The highest BCUT2D eigenvalue weighted by atomic mass is 32.1. The SMILES string of the molecule is Cc1ccccc1NC(=O)c1sc2nc(C)n(CCCC(=O)O)c(=O)c2c1C. The predicted octanol–water partition coefficient (Wildman–Crippen LogP) is 3.50. The van der Waals surface area contributed by atoms with Crippen LogP contribution < -0.4 is 10.9 Å². The van der Waals surface area contributed by atoms with Crippen molar-refractivity contribution in [3.05, 3.63) is 56.4 Å². The molecule has 0 saturated carbocycles. The summed E-state index contributed by atoms with van der Waals surface area (Å²) in [6.45, 7) is 5.64. The number of anilines is 1. The topological polar surface area (TPSA) is 101 Å². The third kappa shape index (κ3) is 3.82. The number of aromatic nitrogens is 2. The number of aryl methyl sites for hydroxylation is 3. The number of carbonyl (C=O) groups is 2. The van der Waals surface area contributed by atoms with E-state index in [1.165, 1.54) is 15.9 Å². The molecule has 2 heterocycles. The minimum atomic E-state index is -0.901. The van der Waals surface area contributed by atoms with Crippen molar-refractivity contribution in [2.24, 2.45) is 0 Å². The van der Waals surface area contributed by atoms with E-state index >= 15 is 0 Å². The third-order valence-electron chi connectivity index (χ3n) is 4.61. The van der Waals surface area contributed by atoms with Gasteiger partial charge in [-0.25, -0.2) is 4.98 Å². The fourth-order valence-electron chi connectivity index (χ4n) is 3.08. The number of aliphatic carboxylic acids is 1. The Bertz CT molecular complexity index is 1130. The van der Waals surface area contributed by atoms with E-state index in [4.69, 9.17) is 5.11 Å². The lowest BCUT2D eigenvalue weighted by Gasteiger charge is -2.08. The highest BCUT2D eigenvalue weighted by Gasteiger charge is 2.21. The van der Waals surface area contributed by atoms with Gasteiger partial charge in [-0.05, 0) is 44.4 Å². The summed E-state index contributed by atoms with van der Waals surface area (Å²) >= 11 is 1.19. The summed E-state index contributed by atoms with van der Waals surface area (Å²) in [4.78, 5) is 41.9. The van der Waals surface area contributed by atoms with Gasteiger partial charge in [-0.15, -0.1) is 11.3 Å². The number of para-hydroxylation sites is 1. The molecule has 0 radical (unpaired) electrons. The number of hydrogen-bond donors (Lipinski definition) is 2. The second kappa shape index (κ2) is 7.93. The lowest BCUT2D eigenvalue weighted by molar-refractivity contribution is -0.137. The van der Waals surface area contributed by atoms with Crippen LogP contribution in [0, 0.1) is 20.8 Å². The zero-order valence-corrected chi connectivity index (χ0v) is 16.7. The van der Waals surface area contributed by atoms with Gasteiger partial charge >= 0.3 is 5.97 Å². The molecule has 3 aromatic rings. The van der Waals surface area contributed by atoms with Gasteiger partial charge in [-0.3, -0.25) is 19.0 Å². The Hall–Kier alpha value is -3.00. The molecule has 0 atom stereocenters. The van der Waals surface area contributed by atoms with Crippen molar-refractivity contribution in [1.29, 1.82) is 0 Å². The van der Waals surface area contributed by atoms with Crippen molar-refractivity contribution in [2.45, 2.75) is 40.2 Å². The zero-order valence-electron chi connectivity index (χ0n) is 15.9. The number of benzene rings is 1. The van der Waals surface area contributed by atoms with Crippen LogP contribution in [0.15, 0.2) is 29.1 Å². The van der Waals surface area contributed by atoms with E-state index < -0.39 is 5.97 Å². The van der Waals surface area contributed by atoms with E-state index in [-0.39, 0.29) is 24.4 Å². The maximum absolute atomic E-state index is 12.9. The Morgan fingerprint density at radius 2 is 1.93 bits per heavy atom. The van der Waals surface area contributed by atoms with Crippen molar-refractivity contribution in [1.82, 2.24) is 9.55 Å². The van der Waals surface area contributed by atoms with Crippen molar-refractivity contribution < 1.29 is 14.7 Å². The van der Waals surface area contributed by atoms with Crippen LogP contribution in [0.25, 0.3) is 10.2 Å². The summed E-state index contributed by atoms with van der Waals surface area (Å²) in [7, 11) is 0. The van der Waals surface area contributed by atoms with E-state index in [1.54, 1.807) is 13.8 Å². The summed E-state index contributed by atoms with van der Waals surface area (Å²) in [6.07, 6.45) is 0.323. The Morgan fingerprint density at radius 1 is 1.21 bits per heavy atom. The van der Waals surface area contributed by atoms with Gasteiger partial charge in [0.05, 0.1) is 10.3 Å². The predicted molar refractivity (Wildman–Crippen MR) is 109 cm³/mol. The third-order valence-corrected chi connectivity index (χ3v) is 5.80. The fourth-order valence-corrected chi connectivity index (χ4v) is 4.19. The van der Waals surface area contributed by atoms with E-state index in [1.807, 2.05) is 31.2 Å². The average molecular weight is 399 g/mol. The Labute approximate surface area is 165 Å². The van der Waals surface area contributed by atoms with Crippen molar-refractivity contribution in [2.75, 3.05) is 5.32 Å². The Morgan fingerprint density at radius 3 is 2.61 bits per heavy atom. The maximum atomic E-state index is 12.9. The molecule has 0 bridgehead atoms. The van der Waals surface area contributed by atoms with Crippen LogP contribution in [-0.2, 0) is 11.3 Å². The smallest absolute Gasteiger partial charge is 0.303 e. The molecule has 8 heteroatoms. The molecule has 0 aliphatic heterocycles. The summed E-state index contributed by atoms with van der Waals surface area (Å²) in [5.41, 5.74) is 2.02. The Balaban J connectivity index is 1.97. The second-order valence-electron chi connectivity index (χ2n) is 6.62. The highest BCUT2D eigenvalue weighted by Crippen LogP contribution is 2.28. The second-order valence-corrected chi connectivity index (χ2v) is 7.62. The molecule has 7 nitrogen and oxygen atoms in total. The molecule has 2 N–H and O–H groups in total. The van der Waals surface area contributed by atoms with E-state index in [0.29, 0.717) is 32.9 Å². The van der Waals surface area contributed by atoms with Crippen LogP contribution in [0.1, 0.15) is 39.5 Å². The number of rotatable bonds is 6. The van der Waals surface area contributed by atoms with Gasteiger partial charge < -0.3 is 10.4 Å². The van der Waals surface area contributed by atoms with Crippen LogP contribution in [0.2, 0.25) is 0 Å². The van der Waals surface area contributed by atoms with Crippen molar-refractivity contribution in [3.63, 3.8) is 0 Å². The first-order chi connectivity index (χ1) is 13.3. The van der Waals surface area contributed by atoms with Gasteiger partial charge in [0.1, 0.15) is 10.7 Å². The molecule has 0 unspecified atom stereocenters. The monoisotopic (exact) mass is 399 g/mol. The van der Waals surface area contributed by atoms with Crippen LogP contribution in [0.5, 0.6) is 0 Å².